The molecule has 1 aliphatic heterocycles. The molecule has 1 aliphatic rings. The molecular weight excluding hydrogens is 285 g/mol. The van der Waals surface area contributed by atoms with Gasteiger partial charge >= 0.3 is 7.82 Å². The van der Waals surface area contributed by atoms with Gasteiger partial charge in [0.2, 0.25) is 5.91 Å². The molecule has 1 unspecified atom stereocenters. The molecule has 11 heteroatoms. The van der Waals surface area contributed by atoms with E-state index < -0.39 is 51.0 Å². The smallest absolute Gasteiger partial charge is 0.394 e. The zero-order chi connectivity index (χ0) is 14.8. The molecule has 1 fully saturated rings. The topological polar surface area (TPSA) is 166 Å². The van der Waals surface area contributed by atoms with Crippen molar-refractivity contribution >= 4 is 13.7 Å². The number of carbonyl (C=O) groups excluding carboxylic acids is 1. The minimum Gasteiger partial charge on any atom is -0.394 e. The summed E-state index contributed by atoms with van der Waals surface area (Å²) in [5.41, 5.74) is 0. The van der Waals surface area contributed by atoms with Crippen LogP contribution in [0.4, 0.5) is 0 Å². The maximum atomic E-state index is 11.0. The van der Waals surface area contributed by atoms with Gasteiger partial charge in [0.15, 0.2) is 6.29 Å². The molecule has 0 aromatic carbocycles. The van der Waals surface area contributed by atoms with Crippen molar-refractivity contribution in [3.8, 4) is 0 Å². The number of hydrogen-bond donors (Lipinski definition) is 6. The average molecular weight is 301 g/mol. The molecule has 0 radical (unpaired) electrons. The lowest BCUT2D eigenvalue weighted by atomic mass is 9.97. The first-order valence-corrected chi connectivity index (χ1v) is 6.82. The van der Waals surface area contributed by atoms with Crippen LogP contribution in [0, 0.1) is 0 Å². The van der Waals surface area contributed by atoms with Gasteiger partial charge in [-0.1, -0.05) is 0 Å². The molecule has 0 aromatic heterocycles. The number of phosphoric acid groups is 1. The predicted molar refractivity (Wildman–Crippen MR) is 58.5 cm³/mol. The van der Waals surface area contributed by atoms with E-state index in [1.807, 2.05) is 0 Å². The highest BCUT2D eigenvalue weighted by atomic mass is 31.2. The number of carbonyl (C=O) groups is 1. The number of nitrogens with one attached hydrogen (secondary N) is 1. The van der Waals surface area contributed by atoms with Gasteiger partial charge in [-0.3, -0.25) is 9.32 Å². The summed E-state index contributed by atoms with van der Waals surface area (Å²) in [5, 5.41) is 30.5. The van der Waals surface area contributed by atoms with E-state index in [1.54, 1.807) is 0 Å². The van der Waals surface area contributed by atoms with Gasteiger partial charge in [0.25, 0.3) is 0 Å². The van der Waals surface area contributed by atoms with E-state index in [0.717, 1.165) is 6.92 Å². The molecule has 10 nitrogen and oxygen atoms in total. The van der Waals surface area contributed by atoms with Crippen LogP contribution in [-0.2, 0) is 18.6 Å². The molecule has 112 valence electrons. The summed E-state index contributed by atoms with van der Waals surface area (Å²) in [7, 11) is -4.98. The largest absolute Gasteiger partial charge is 0.470 e. The molecule has 19 heavy (non-hydrogen) atoms. The van der Waals surface area contributed by atoms with Crippen molar-refractivity contribution in [2.24, 2.45) is 0 Å². The third-order valence-electron chi connectivity index (χ3n) is 2.50. The van der Waals surface area contributed by atoms with E-state index in [-0.39, 0.29) is 0 Å². The van der Waals surface area contributed by atoms with Gasteiger partial charge in [0, 0.05) is 6.92 Å². The molecule has 5 atom stereocenters. The van der Waals surface area contributed by atoms with Crippen LogP contribution in [0.25, 0.3) is 0 Å². The highest BCUT2D eigenvalue weighted by Crippen LogP contribution is 2.41. The van der Waals surface area contributed by atoms with Crippen molar-refractivity contribution in [1.82, 2.24) is 5.32 Å². The molecular formula is C8H16NO9P. The molecule has 0 spiro atoms. The average Bonchev–Trinajstić information content (AvgIpc) is 2.26. The van der Waals surface area contributed by atoms with Crippen LogP contribution in [-0.4, -0.2) is 68.3 Å². The summed E-state index contributed by atoms with van der Waals surface area (Å²) < 4.78 is 20.0. The van der Waals surface area contributed by atoms with E-state index in [9.17, 15) is 19.6 Å². The third kappa shape index (κ3) is 4.48. The normalized spacial score (nSPS) is 36.0. The minimum atomic E-state index is -4.98. The molecule has 0 aromatic rings. The van der Waals surface area contributed by atoms with Gasteiger partial charge in [0.05, 0.1) is 6.61 Å². The summed E-state index contributed by atoms with van der Waals surface area (Å²) in [6.45, 7) is 0.401. The Hall–Kier alpha value is -0.580. The second-order valence-electron chi connectivity index (χ2n) is 4.03. The van der Waals surface area contributed by atoms with Gasteiger partial charge in [-0.05, 0) is 0 Å². The van der Waals surface area contributed by atoms with Crippen LogP contribution in [0.2, 0.25) is 0 Å². The lowest BCUT2D eigenvalue weighted by Gasteiger charge is -2.42. The molecule has 1 rings (SSSR count). The summed E-state index contributed by atoms with van der Waals surface area (Å²) in [5.74, 6) is -0.624. The van der Waals surface area contributed by atoms with Crippen molar-refractivity contribution in [3.63, 3.8) is 0 Å². The highest BCUT2D eigenvalue weighted by Gasteiger charge is 2.48. The molecule has 1 amide bonds. The maximum absolute atomic E-state index is 11.0. The van der Waals surface area contributed by atoms with Gasteiger partial charge in [-0.25, -0.2) is 4.57 Å². The van der Waals surface area contributed by atoms with Gasteiger partial charge in [-0.2, -0.15) is 0 Å². The molecule has 0 aliphatic carbocycles. The zero-order valence-corrected chi connectivity index (χ0v) is 10.8. The molecule has 0 saturated carbocycles. The monoisotopic (exact) mass is 301 g/mol. The van der Waals surface area contributed by atoms with Crippen molar-refractivity contribution < 1.29 is 43.7 Å². The molecule has 6 N–H and O–H groups in total. The van der Waals surface area contributed by atoms with Crippen LogP contribution in [0.3, 0.4) is 0 Å². The predicted octanol–water partition coefficient (Wildman–Crippen LogP) is -2.96. The van der Waals surface area contributed by atoms with E-state index >= 15 is 0 Å². The van der Waals surface area contributed by atoms with E-state index in [2.05, 4.69) is 9.84 Å². The molecule has 1 saturated heterocycles. The lowest BCUT2D eigenvalue weighted by Crippen LogP contribution is -2.64. The SMILES string of the molecule is CC(=O)N[C@H]1C(O)O[C@H](CO)[C@@H](O)[C@@H]1OP(=O)(O)O. The summed E-state index contributed by atoms with van der Waals surface area (Å²) in [4.78, 5) is 28.5. The first-order chi connectivity index (χ1) is 8.65. The molecule has 1 heterocycles. The second-order valence-corrected chi connectivity index (χ2v) is 5.22. The number of rotatable bonds is 4. The van der Waals surface area contributed by atoms with Crippen molar-refractivity contribution in [1.29, 1.82) is 0 Å². The Kier molecular flexibility index (Phi) is 5.42. The van der Waals surface area contributed by atoms with Gasteiger partial charge < -0.3 is 35.2 Å². The Morgan fingerprint density at radius 1 is 1.42 bits per heavy atom. The Bertz CT molecular complexity index is 371. The minimum absolute atomic E-state index is 0.624. The van der Waals surface area contributed by atoms with E-state index in [4.69, 9.17) is 19.6 Å². The zero-order valence-electron chi connectivity index (χ0n) is 9.91. The summed E-state index contributed by atoms with van der Waals surface area (Å²) >= 11 is 0. The fourth-order valence-corrected chi connectivity index (χ4v) is 2.33. The van der Waals surface area contributed by atoms with Crippen LogP contribution in [0.15, 0.2) is 0 Å². The highest BCUT2D eigenvalue weighted by molar-refractivity contribution is 7.46. The van der Waals surface area contributed by atoms with Crippen molar-refractivity contribution in [2.45, 2.75) is 37.6 Å². The lowest BCUT2D eigenvalue weighted by molar-refractivity contribution is -0.251. The van der Waals surface area contributed by atoms with E-state index in [1.165, 1.54) is 0 Å². The van der Waals surface area contributed by atoms with E-state index in [0.29, 0.717) is 0 Å². The number of ether oxygens (including phenoxy) is 1. The van der Waals surface area contributed by atoms with Crippen LogP contribution in [0.5, 0.6) is 0 Å². The Morgan fingerprint density at radius 2 is 2.00 bits per heavy atom. The number of aliphatic hydroxyl groups is 3. The fraction of sp³-hybridized carbons (Fsp3) is 0.875. The first kappa shape index (κ1) is 16.5. The van der Waals surface area contributed by atoms with Crippen molar-refractivity contribution in [2.75, 3.05) is 6.61 Å². The maximum Gasteiger partial charge on any atom is 0.470 e. The Morgan fingerprint density at radius 3 is 2.42 bits per heavy atom. The molecule has 0 bridgehead atoms. The quantitative estimate of drug-likeness (QED) is 0.297. The van der Waals surface area contributed by atoms with Crippen LogP contribution in [0.1, 0.15) is 6.92 Å². The third-order valence-corrected chi connectivity index (χ3v) is 3.02. The number of amides is 1. The fourth-order valence-electron chi connectivity index (χ4n) is 1.76. The number of aliphatic hydroxyl groups excluding tert-OH is 3. The Balaban J connectivity index is 2.96. The van der Waals surface area contributed by atoms with Gasteiger partial charge in [0.1, 0.15) is 24.4 Å². The number of hydrogen-bond acceptors (Lipinski definition) is 7. The second kappa shape index (κ2) is 6.25. The Labute approximate surface area is 108 Å². The summed E-state index contributed by atoms with van der Waals surface area (Å²) in [6.07, 6.45) is -6.26. The van der Waals surface area contributed by atoms with Crippen LogP contribution < -0.4 is 5.32 Å². The summed E-state index contributed by atoms with van der Waals surface area (Å²) in [6, 6.07) is -1.39. The first-order valence-electron chi connectivity index (χ1n) is 5.29. The standard InChI is InChI=1S/C8H16NO9P/c1-3(11)9-5-7(18-19(14,15)16)6(12)4(2-10)17-8(5)13/h4-8,10,12-13H,2H2,1H3,(H,9,11)(H2,14,15,16)/t4-,5-,6-,7-,8?/m1/s1. The van der Waals surface area contributed by atoms with Crippen molar-refractivity contribution in [3.05, 3.63) is 0 Å². The van der Waals surface area contributed by atoms with Gasteiger partial charge in [-0.15, -0.1) is 0 Å². The van der Waals surface area contributed by atoms with Crippen LogP contribution >= 0.6 is 7.82 Å². The number of phosphoric ester groups is 1.